The first-order chi connectivity index (χ1) is 13.4. The molecule has 8 heteroatoms. The summed E-state index contributed by atoms with van der Waals surface area (Å²) in [7, 11) is 0. The van der Waals surface area contributed by atoms with Crippen LogP contribution in [0.2, 0.25) is 0 Å². The minimum absolute atomic E-state index is 0.253. The number of carbonyl (C=O) groups is 2. The molecule has 0 saturated heterocycles. The van der Waals surface area contributed by atoms with Crippen molar-refractivity contribution in [1.29, 1.82) is 0 Å². The monoisotopic (exact) mass is 397 g/mol. The second kappa shape index (κ2) is 8.53. The molecule has 0 aliphatic carbocycles. The van der Waals surface area contributed by atoms with E-state index in [1.807, 2.05) is 6.92 Å². The lowest BCUT2D eigenvalue weighted by atomic mass is 10.2. The molecule has 1 aromatic heterocycles. The molecule has 0 saturated carbocycles. The van der Waals surface area contributed by atoms with Gasteiger partial charge in [0.2, 0.25) is 0 Å². The van der Waals surface area contributed by atoms with Crippen molar-refractivity contribution in [1.82, 2.24) is 10.4 Å². The Morgan fingerprint density at radius 1 is 1.11 bits per heavy atom. The molecular weight excluding hydrogens is 381 g/mol. The van der Waals surface area contributed by atoms with E-state index in [0.717, 1.165) is 5.01 Å². The van der Waals surface area contributed by atoms with Crippen LogP contribution in [0.5, 0.6) is 5.75 Å². The van der Waals surface area contributed by atoms with E-state index in [0.29, 0.717) is 21.9 Å². The number of nitrogens with zero attached hydrogens (tertiary/aromatic N) is 2. The van der Waals surface area contributed by atoms with E-state index in [-0.39, 0.29) is 11.5 Å². The number of esters is 1. The zero-order valence-electron chi connectivity index (χ0n) is 15.1. The Morgan fingerprint density at radius 2 is 1.79 bits per heavy atom. The predicted octanol–water partition coefficient (Wildman–Crippen LogP) is 3.88. The highest BCUT2D eigenvalue weighted by Gasteiger charge is 2.12. The first kappa shape index (κ1) is 19.4. The molecule has 0 bridgehead atoms. The maximum atomic E-state index is 12.9. The number of rotatable bonds is 5. The Balaban J connectivity index is 1.57. The molecule has 3 rings (SSSR count). The summed E-state index contributed by atoms with van der Waals surface area (Å²) in [6, 6.07) is 11.7. The van der Waals surface area contributed by atoms with Crippen molar-refractivity contribution in [3.05, 3.63) is 81.1 Å². The van der Waals surface area contributed by atoms with Gasteiger partial charge in [0.25, 0.3) is 5.91 Å². The van der Waals surface area contributed by atoms with Gasteiger partial charge in [-0.05, 0) is 67.9 Å². The summed E-state index contributed by atoms with van der Waals surface area (Å²) in [5.41, 5.74) is 4.09. The van der Waals surface area contributed by atoms with E-state index in [4.69, 9.17) is 4.74 Å². The predicted molar refractivity (Wildman–Crippen MR) is 104 cm³/mol. The number of hydrogen-bond acceptors (Lipinski definition) is 6. The van der Waals surface area contributed by atoms with Crippen LogP contribution in [0.25, 0.3) is 0 Å². The Hall–Kier alpha value is -3.39. The quantitative estimate of drug-likeness (QED) is 0.307. The van der Waals surface area contributed by atoms with Crippen LogP contribution < -0.4 is 10.2 Å². The first-order valence-electron chi connectivity index (χ1n) is 8.27. The number of benzene rings is 2. The van der Waals surface area contributed by atoms with E-state index in [1.165, 1.54) is 41.8 Å². The normalized spacial score (nSPS) is 10.8. The van der Waals surface area contributed by atoms with Gasteiger partial charge >= 0.3 is 5.97 Å². The van der Waals surface area contributed by atoms with Crippen LogP contribution in [0.1, 0.15) is 36.3 Å². The fraction of sp³-hybridized carbons (Fsp3) is 0.100. The van der Waals surface area contributed by atoms with Crippen LogP contribution in [0.15, 0.2) is 53.6 Å². The molecule has 1 amide bonds. The van der Waals surface area contributed by atoms with Crippen molar-refractivity contribution in [3.8, 4) is 5.75 Å². The van der Waals surface area contributed by atoms with Gasteiger partial charge in [0.15, 0.2) is 0 Å². The number of ether oxygens (including phenoxy) is 1. The van der Waals surface area contributed by atoms with Crippen molar-refractivity contribution in [3.63, 3.8) is 0 Å². The maximum absolute atomic E-state index is 12.9. The molecule has 28 heavy (non-hydrogen) atoms. The topological polar surface area (TPSA) is 80.7 Å². The highest BCUT2D eigenvalue weighted by atomic mass is 32.1. The second-order valence-corrected chi connectivity index (χ2v) is 7.02. The van der Waals surface area contributed by atoms with Crippen LogP contribution in [0.4, 0.5) is 4.39 Å². The lowest BCUT2D eigenvalue weighted by Gasteiger charge is -2.04. The molecule has 2 aromatic carbocycles. The number of aryl methyl sites for hydroxylation is 2. The zero-order valence-corrected chi connectivity index (χ0v) is 15.9. The smallest absolute Gasteiger partial charge is 0.343 e. The lowest BCUT2D eigenvalue weighted by Crippen LogP contribution is -2.17. The Kier molecular flexibility index (Phi) is 5.90. The average Bonchev–Trinajstić information content (AvgIpc) is 3.02. The van der Waals surface area contributed by atoms with Gasteiger partial charge in [0, 0.05) is 0 Å². The van der Waals surface area contributed by atoms with Gasteiger partial charge in [0.1, 0.15) is 16.4 Å². The molecular formula is C20H16FN3O3S. The largest absolute Gasteiger partial charge is 0.423 e. The number of nitrogens with one attached hydrogen (secondary N) is 1. The van der Waals surface area contributed by atoms with Crippen molar-refractivity contribution in [2.45, 2.75) is 13.8 Å². The fourth-order valence-corrected chi connectivity index (χ4v) is 3.14. The van der Waals surface area contributed by atoms with E-state index >= 15 is 0 Å². The molecule has 1 heterocycles. The number of carbonyl (C=O) groups excluding carboxylic acids is 2. The number of hydrogen-bond donors (Lipinski definition) is 1. The third-order valence-corrected chi connectivity index (χ3v) is 4.73. The molecule has 0 fully saturated rings. The van der Waals surface area contributed by atoms with E-state index in [9.17, 15) is 14.0 Å². The minimum atomic E-state index is -0.580. The molecule has 0 unspecified atom stereocenters. The molecule has 1 N–H and O–H groups in total. The summed E-state index contributed by atoms with van der Waals surface area (Å²) in [6.07, 6.45) is 1.48. The standard InChI is InChI=1S/C20H16FN3O3S/c1-12-18(28-13(2)23-12)19(25)24-22-11-14-3-9-17(10-4-14)27-20(26)15-5-7-16(21)8-6-15/h3-11H,1-2H3,(H,24,25)/b22-11+. The molecule has 142 valence electrons. The second-order valence-electron chi connectivity index (χ2n) is 5.81. The number of thiazole rings is 1. The molecule has 0 aliphatic rings. The van der Waals surface area contributed by atoms with E-state index in [1.54, 1.807) is 31.2 Å². The van der Waals surface area contributed by atoms with Gasteiger partial charge in [0.05, 0.1) is 22.5 Å². The first-order valence-corrected chi connectivity index (χ1v) is 9.09. The van der Waals surface area contributed by atoms with Crippen LogP contribution in [0, 0.1) is 19.7 Å². The van der Waals surface area contributed by atoms with Crippen molar-refractivity contribution < 1.29 is 18.7 Å². The van der Waals surface area contributed by atoms with Crippen LogP contribution in [-0.4, -0.2) is 23.1 Å². The van der Waals surface area contributed by atoms with Crippen molar-refractivity contribution >= 4 is 29.4 Å². The molecule has 0 radical (unpaired) electrons. The van der Waals surface area contributed by atoms with Crippen LogP contribution >= 0.6 is 11.3 Å². The lowest BCUT2D eigenvalue weighted by molar-refractivity contribution is 0.0734. The summed E-state index contributed by atoms with van der Waals surface area (Å²) in [5, 5.41) is 4.74. The molecule has 0 aliphatic heterocycles. The fourth-order valence-electron chi connectivity index (χ4n) is 2.33. The molecule has 6 nitrogen and oxygen atoms in total. The average molecular weight is 397 g/mol. The summed E-state index contributed by atoms with van der Waals surface area (Å²) in [4.78, 5) is 28.8. The van der Waals surface area contributed by atoms with Crippen molar-refractivity contribution in [2.75, 3.05) is 0 Å². The number of aromatic nitrogens is 1. The number of hydrazone groups is 1. The third kappa shape index (κ3) is 4.86. The highest BCUT2D eigenvalue weighted by molar-refractivity contribution is 7.13. The van der Waals surface area contributed by atoms with Crippen LogP contribution in [0.3, 0.4) is 0 Å². The van der Waals surface area contributed by atoms with Gasteiger partial charge in [-0.1, -0.05) is 0 Å². The summed E-state index contributed by atoms with van der Waals surface area (Å²) < 4.78 is 18.1. The highest BCUT2D eigenvalue weighted by Crippen LogP contribution is 2.17. The Bertz CT molecular complexity index is 1030. The van der Waals surface area contributed by atoms with Gasteiger partial charge in [-0.25, -0.2) is 19.6 Å². The van der Waals surface area contributed by atoms with E-state index in [2.05, 4.69) is 15.5 Å². The maximum Gasteiger partial charge on any atom is 0.343 e. The number of halogens is 1. The molecule has 3 aromatic rings. The van der Waals surface area contributed by atoms with Crippen molar-refractivity contribution in [2.24, 2.45) is 5.10 Å². The van der Waals surface area contributed by atoms with Gasteiger partial charge < -0.3 is 4.74 Å². The van der Waals surface area contributed by atoms with Gasteiger partial charge in [-0.3, -0.25) is 4.79 Å². The Labute approximate surface area is 164 Å². The van der Waals surface area contributed by atoms with Crippen LogP contribution in [-0.2, 0) is 0 Å². The Morgan fingerprint density at radius 3 is 2.39 bits per heavy atom. The summed E-state index contributed by atoms with van der Waals surface area (Å²) >= 11 is 1.31. The van der Waals surface area contributed by atoms with E-state index < -0.39 is 11.8 Å². The molecule has 0 spiro atoms. The summed E-state index contributed by atoms with van der Waals surface area (Å²) in [5.74, 6) is -0.979. The molecule has 0 atom stereocenters. The minimum Gasteiger partial charge on any atom is -0.423 e. The SMILES string of the molecule is Cc1nc(C)c(C(=O)N/N=C/c2ccc(OC(=O)c3ccc(F)cc3)cc2)s1. The zero-order chi connectivity index (χ0) is 20.1. The summed E-state index contributed by atoms with van der Waals surface area (Å²) in [6.45, 7) is 3.61. The van der Waals surface area contributed by atoms with Gasteiger partial charge in [-0.2, -0.15) is 5.10 Å². The van der Waals surface area contributed by atoms with Gasteiger partial charge in [-0.15, -0.1) is 11.3 Å². The third-order valence-electron chi connectivity index (χ3n) is 3.66. The number of amides is 1.